The Morgan fingerprint density at radius 3 is 2.47 bits per heavy atom. The molecule has 1 aliphatic rings. The second-order valence-electron chi connectivity index (χ2n) is 7.78. The number of benzene rings is 2. The van der Waals surface area contributed by atoms with Crippen molar-refractivity contribution in [2.24, 2.45) is 12.0 Å². The Morgan fingerprint density at radius 1 is 1.12 bits per heavy atom. The van der Waals surface area contributed by atoms with Gasteiger partial charge in [-0.2, -0.15) is 0 Å². The lowest BCUT2D eigenvalue weighted by atomic mass is 9.89. The molecule has 4 rings (SSSR count). The number of nitrogens with zero attached hydrogens (tertiary/aromatic N) is 2. The van der Waals surface area contributed by atoms with Gasteiger partial charge in [0.15, 0.2) is 0 Å². The first-order valence-electron chi connectivity index (χ1n) is 9.94. The first kappa shape index (κ1) is 22.4. The zero-order valence-corrected chi connectivity index (χ0v) is 19.2. The first-order valence-corrected chi connectivity index (χ1v) is 11.5. The van der Waals surface area contributed by atoms with E-state index in [2.05, 4.69) is 4.72 Å². The molecule has 0 bridgehead atoms. The highest BCUT2D eigenvalue weighted by molar-refractivity contribution is 7.70. The van der Waals surface area contributed by atoms with Crippen molar-refractivity contribution in [3.63, 3.8) is 0 Å². The zero-order valence-electron chi connectivity index (χ0n) is 17.6. The van der Waals surface area contributed by atoms with Gasteiger partial charge in [0.1, 0.15) is 5.82 Å². The molecule has 0 aliphatic carbocycles. The number of halogens is 2. The fraction of sp³-hybridized carbons (Fsp3) is 0.217. The minimum Gasteiger partial charge on any atom is -0.318 e. The van der Waals surface area contributed by atoms with Gasteiger partial charge in [-0.25, -0.2) is 17.5 Å². The third-order valence-electron chi connectivity index (χ3n) is 5.60. The Morgan fingerprint density at radius 2 is 1.81 bits per heavy atom. The number of rotatable bonds is 4. The number of fused-ring (bicyclic) bond motifs is 3. The second-order valence-corrected chi connectivity index (χ2v) is 8.99. The van der Waals surface area contributed by atoms with Gasteiger partial charge in [-0.15, -0.1) is 0 Å². The van der Waals surface area contributed by atoms with Crippen LogP contribution in [0.5, 0.6) is 0 Å². The van der Waals surface area contributed by atoms with E-state index < -0.39 is 22.7 Å². The van der Waals surface area contributed by atoms with E-state index in [0.717, 1.165) is 11.1 Å². The quantitative estimate of drug-likeness (QED) is 0.563. The Bertz CT molecular complexity index is 1370. The molecule has 166 valence electrons. The number of aryl methyl sites for hydroxylation is 1. The van der Waals surface area contributed by atoms with Gasteiger partial charge in [-0.05, 0) is 49.2 Å². The van der Waals surface area contributed by atoms with Crippen LogP contribution in [0.25, 0.3) is 11.1 Å². The van der Waals surface area contributed by atoms with Crippen molar-refractivity contribution in [1.29, 1.82) is 0 Å². The maximum absolute atomic E-state index is 15.2. The maximum atomic E-state index is 15.2. The van der Waals surface area contributed by atoms with Crippen molar-refractivity contribution in [1.82, 2.24) is 9.29 Å². The van der Waals surface area contributed by atoms with Gasteiger partial charge < -0.3 is 4.57 Å². The van der Waals surface area contributed by atoms with E-state index in [1.165, 1.54) is 16.7 Å². The Hall–Kier alpha value is -2.81. The average Bonchev–Trinajstić information content (AvgIpc) is 2.83. The number of pyridine rings is 1. The molecule has 32 heavy (non-hydrogen) atoms. The molecule has 2 atom stereocenters. The third kappa shape index (κ3) is 4.13. The molecule has 3 aromatic rings. The predicted molar refractivity (Wildman–Crippen MR) is 124 cm³/mol. The highest BCUT2D eigenvalue weighted by atomic mass is 35.5. The van der Waals surface area contributed by atoms with E-state index in [1.807, 2.05) is 19.1 Å². The monoisotopic (exact) mass is 473 g/mol. The Labute approximate surface area is 191 Å². The molecular weight excluding hydrogens is 453 g/mol. The maximum Gasteiger partial charge on any atom is 0.250 e. The van der Waals surface area contributed by atoms with Crippen LogP contribution in [0.15, 0.2) is 58.4 Å². The molecule has 0 radical (unpaired) electrons. The molecule has 9 heteroatoms. The summed E-state index contributed by atoms with van der Waals surface area (Å²) in [4.78, 5) is 17.2. The number of aliphatic imine (C=N–C) groups is 1. The van der Waals surface area contributed by atoms with E-state index in [-0.39, 0.29) is 17.2 Å². The van der Waals surface area contributed by atoms with Gasteiger partial charge in [-0.3, -0.25) is 9.79 Å². The van der Waals surface area contributed by atoms with Crippen LogP contribution in [-0.2, 0) is 17.9 Å². The van der Waals surface area contributed by atoms with Crippen molar-refractivity contribution < 1.29 is 12.8 Å². The van der Waals surface area contributed by atoms with Gasteiger partial charge in [0.05, 0.1) is 11.8 Å². The molecule has 0 amide bonds. The lowest BCUT2D eigenvalue weighted by Gasteiger charge is -2.18. The van der Waals surface area contributed by atoms with E-state index in [0.29, 0.717) is 27.4 Å². The number of hydrogen-bond acceptors (Lipinski definition) is 4. The molecule has 0 saturated carbocycles. The molecule has 2 unspecified atom stereocenters. The van der Waals surface area contributed by atoms with Crippen molar-refractivity contribution in [2.75, 3.05) is 0 Å². The molecule has 2 heterocycles. The Kier molecular flexibility index (Phi) is 6.03. The summed E-state index contributed by atoms with van der Waals surface area (Å²) in [6.07, 6.45) is 1.71. The predicted octanol–water partition coefficient (Wildman–Crippen LogP) is 3.93. The fourth-order valence-corrected chi connectivity index (χ4v) is 4.54. The smallest absolute Gasteiger partial charge is 0.250 e. The molecule has 1 N–H and O–H groups in total. The first-order chi connectivity index (χ1) is 15.2. The van der Waals surface area contributed by atoms with Gasteiger partial charge in [0.2, 0.25) is 10.9 Å². The topological polar surface area (TPSA) is 80.5 Å². The van der Waals surface area contributed by atoms with Crippen LogP contribution in [0.3, 0.4) is 0 Å². The minimum atomic E-state index is -2.91. The van der Waals surface area contributed by atoms with E-state index in [1.54, 1.807) is 38.4 Å². The molecule has 0 spiro atoms. The van der Waals surface area contributed by atoms with Gasteiger partial charge in [0.25, 0.3) is 5.56 Å². The molecule has 1 aliphatic heterocycles. The highest BCUT2D eigenvalue weighted by Gasteiger charge is 2.26. The molecule has 6 nitrogen and oxygen atoms in total. The highest BCUT2D eigenvalue weighted by Crippen LogP contribution is 2.39. The van der Waals surface area contributed by atoms with E-state index >= 15 is 4.39 Å². The number of nitrogens with one attached hydrogen (secondary N) is 1. The average molecular weight is 474 g/mol. The SMILES string of the molecule is CC1N=C(c2ccc(Cl)cc2)c2cc(F)c(C(C)N[SH](=O)=O)cc2-c2cn(C)c(=O)cc21. The van der Waals surface area contributed by atoms with E-state index in [4.69, 9.17) is 16.6 Å². The summed E-state index contributed by atoms with van der Waals surface area (Å²) < 4.78 is 41.3. The summed E-state index contributed by atoms with van der Waals surface area (Å²) in [5.74, 6) is -0.553. The van der Waals surface area contributed by atoms with Crippen LogP contribution < -0.4 is 10.3 Å². The van der Waals surface area contributed by atoms with Crippen LogP contribution >= 0.6 is 11.6 Å². The van der Waals surface area contributed by atoms with Crippen LogP contribution in [0.4, 0.5) is 4.39 Å². The summed E-state index contributed by atoms with van der Waals surface area (Å²) in [5, 5.41) is 0.565. The summed E-state index contributed by atoms with van der Waals surface area (Å²) in [5.41, 5.74) is 4.01. The van der Waals surface area contributed by atoms with Gasteiger partial charge in [-0.1, -0.05) is 23.7 Å². The van der Waals surface area contributed by atoms with Gasteiger partial charge >= 0.3 is 0 Å². The van der Waals surface area contributed by atoms with Crippen LogP contribution in [0, 0.1) is 5.82 Å². The molecule has 0 fully saturated rings. The molecule has 2 aromatic carbocycles. The van der Waals surface area contributed by atoms with Crippen molar-refractivity contribution >= 4 is 28.2 Å². The number of aromatic nitrogens is 1. The van der Waals surface area contributed by atoms with Gasteiger partial charge in [0, 0.05) is 52.6 Å². The normalized spacial score (nSPS) is 16.2. The number of hydrogen-bond donors (Lipinski definition) is 2. The van der Waals surface area contributed by atoms with Crippen LogP contribution in [-0.4, -0.2) is 18.7 Å². The van der Waals surface area contributed by atoms with Crippen molar-refractivity contribution in [3.8, 4) is 11.1 Å². The minimum absolute atomic E-state index is 0.178. The molecule has 1 aromatic heterocycles. The molecule has 0 saturated heterocycles. The lowest BCUT2D eigenvalue weighted by molar-refractivity contribution is 0.563. The fourth-order valence-electron chi connectivity index (χ4n) is 3.95. The standard InChI is InChI=1S/C23H21ClFN3O3S/c1-12-16-10-22(29)28(3)11-20(16)18-8-17(13(2)27-32(30)31)21(25)9-19(18)23(26-12)14-4-6-15(24)7-5-14/h4-13,32H,1-3H3,(H,27,30,31). The summed E-state index contributed by atoms with van der Waals surface area (Å²) in [6, 6.07) is 10.5. The van der Waals surface area contributed by atoms with Crippen LogP contribution in [0.2, 0.25) is 5.02 Å². The number of thiol groups is 1. The zero-order chi connectivity index (χ0) is 23.2. The van der Waals surface area contributed by atoms with Crippen LogP contribution in [0.1, 0.15) is 48.2 Å². The largest absolute Gasteiger partial charge is 0.318 e. The van der Waals surface area contributed by atoms with Crippen molar-refractivity contribution in [2.45, 2.75) is 25.9 Å². The summed E-state index contributed by atoms with van der Waals surface area (Å²) in [7, 11) is -1.26. The lowest BCUT2D eigenvalue weighted by Crippen LogP contribution is -2.19. The third-order valence-corrected chi connectivity index (χ3v) is 6.45. The van der Waals surface area contributed by atoms with E-state index in [9.17, 15) is 13.2 Å². The van der Waals surface area contributed by atoms with Crippen molar-refractivity contribution in [3.05, 3.63) is 92.1 Å². The summed E-state index contributed by atoms with van der Waals surface area (Å²) in [6.45, 7) is 3.45. The summed E-state index contributed by atoms with van der Waals surface area (Å²) >= 11 is 6.05. The molecular formula is C23H21ClFN3O3S. The Balaban J connectivity index is 2.04. The second kappa shape index (κ2) is 8.61.